The highest BCUT2D eigenvalue weighted by atomic mass is 35.5. The number of anilines is 1. The van der Waals surface area contributed by atoms with Gasteiger partial charge in [-0.3, -0.25) is 4.79 Å². The van der Waals surface area contributed by atoms with Gasteiger partial charge in [0.2, 0.25) is 0 Å². The van der Waals surface area contributed by atoms with E-state index in [2.05, 4.69) is 10.3 Å². The van der Waals surface area contributed by atoms with E-state index in [1.54, 1.807) is 17.5 Å². The van der Waals surface area contributed by atoms with Gasteiger partial charge in [-0.2, -0.15) is 0 Å². The summed E-state index contributed by atoms with van der Waals surface area (Å²) in [5.74, 6) is -3.86. The Labute approximate surface area is 168 Å². The van der Waals surface area contributed by atoms with Gasteiger partial charge in [0.25, 0.3) is 5.91 Å². The molecule has 4 rings (SSSR count). The van der Waals surface area contributed by atoms with Crippen LogP contribution in [0.5, 0.6) is 0 Å². The first-order chi connectivity index (χ1) is 13.8. The number of pyridine rings is 1. The van der Waals surface area contributed by atoms with Crippen molar-refractivity contribution in [1.82, 2.24) is 9.38 Å². The minimum absolute atomic E-state index is 0.169. The molecule has 0 aliphatic rings. The first-order valence-electron chi connectivity index (χ1n) is 8.54. The van der Waals surface area contributed by atoms with Gasteiger partial charge < -0.3 is 9.72 Å². The lowest BCUT2D eigenvalue weighted by molar-refractivity contribution is 0.102. The minimum atomic E-state index is -1.32. The van der Waals surface area contributed by atoms with Crippen molar-refractivity contribution in [3.63, 3.8) is 0 Å². The number of aromatic nitrogens is 2. The zero-order chi connectivity index (χ0) is 20.7. The topological polar surface area (TPSA) is 46.4 Å². The number of nitrogens with zero attached hydrogens (tertiary/aromatic N) is 2. The van der Waals surface area contributed by atoms with Crippen LogP contribution in [0.3, 0.4) is 0 Å². The van der Waals surface area contributed by atoms with Gasteiger partial charge in [-0.25, -0.2) is 18.2 Å². The van der Waals surface area contributed by atoms with E-state index in [0.29, 0.717) is 22.5 Å². The van der Waals surface area contributed by atoms with Crippen molar-refractivity contribution in [2.45, 2.75) is 6.92 Å². The van der Waals surface area contributed by atoms with Gasteiger partial charge >= 0.3 is 0 Å². The zero-order valence-corrected chi connectivity index (χ0v) is 15.8. The molecule has 0 aliphatic carbocycles. The molecule has 1 N–H and O–H groups in total. The second-order valence-corrected chi connectivity index (χ2v) is 6.77. The molecule has 29 heavy (non-hydrogen) atoms. The first kappa shape index (κ1) is 19.0. The van der Waals surface area contributed by atoms with E-state index < -0.39 is 28.4 Å². The number of hydrogen-bond donors (Lipinski definition) is 1. The summed E-state index contributed by atoms with van der Waals surface area (Å²) in [5.41, 5.74) is 2.16. The maximum absolute atomic E-state index is 14.3. The average molecular weight is 416 g/mol. The van der Waals surface area contributed by atoms with Gasteiger partial charge in [0.05, 0.1) is 16.3 Å². The van der Waals surface area contributed by atoms with Crippen LogP contribution in [0.2, 0.25) is 5.02 Å². The smallest absolute Gasteiger partial charge is 0.257 e. The minimum Gasteiger partial charge on any atom is -0.322 e. The van der Waals surface area contributed by atoms with E-state index in [1.165, 1.54) is 6.07 Å². The molecule has 1 amide bonds. The van der Waals surface area contributed by atoms with Crippen LogP contribution in [0.1, 0.15) is 15.9 Å². The number of hydrogen-bond acceptors (Lipinski definition) is 2. The molecule has 0 bridgehead atoms. The maximum atomic E-state index is 14.3. The van der Waals surface area contributed by atoms with Gasteiger partial charge in [-0.15, -0.1) is 0 Å². The lowest BCUT2D eigenvalue weighted by atomic mass is 10.0. The number of rotatable bonds is 3. The SMILES string of the molecule is Cc1c(NC(=O)c2ccc(F)c(F)c2Cl)cc(F)cc1-c1cn2ccccc2n1. The Kier molecular flexibility index (Phi) is 4.76. The number of amides is 1. The molecule has 0 atom stereocenters. The fourth-order valence-corrected chi connectivity index (χ4v) is 3.27. The summed E-state index contributed by atoms with van der Waals surface area (Å²) in [4.78, 5) is 17.0. The van der Waals surface area contributed by atoms with E-state index in [9.17, 15) is 18.0 Å². The number of halogens is 4. The third-order valence-corrected chi connectivity index (χ3v) is 4.91. The van der Waals surface area contributed by atoms with Gasteiger partial charge in [-0.1, -0.05) is 17.7 Å². The molecule has 146 valence electrons. The molecule has 2 heterocycles. The van der Waals surface area contributed by atoms with Gasteiger partial charge in [-0.05, 0) is 48.9 Å². The third-order valence-electron chi connectivity index (χ3n) is 4.54. The van der Waals surface area contributed by atoms with E-state index in [1.807, 2.05) is 24.4 Å². The fourth-order valence-electron chi connectivity index (χ4n) is 3.03. The second-order valence-electron chi connectivity index (χ2n) is 6.40. The number of nitrogens with one attached hydrogen (secondary N) is 1. The van der Waals surface area contributed by atoms with Crippen molar-refractivity contribution in [3.05, 3.63) is 88.5 Å². The highest BCUT2D eigenvalue weighted by molar-refractivity contribution is 6.34. The number of carbonyl (C=O) groups excluding carboxylic acids is 1. The Bertz CT molecular complexity index is 1240. The zero-order valence-electron chi connectivity index (χ0n) is 15.0. The highest BCUT2D eigenvalue weighted by Crippen LogP contribution is 2.31. The predicted octanol–water partition coefficient (Wildman–Crippen LogP) is 5.63. The molecule has 0 fully saturated rings. The van der Waals surface area contributed by atoms with Crippen LogP contribution in [0, 0.1) is 24.4 Å². The Hall–Kier alpha value is -3.32. The highest BCUT2D eigenvalue weighted by Gasteiger charge is 2.19. The molecule has 8 heteroatoms. The molecule has 4 aromatic rings. The largest absolute Gasteiger partial charge is 0.322 e. The van der Waals surface area contributed by atoms with Crippen molar-refractivity contribution in [2.24, 2.45) is 0 Å². The lowest BCUT2D eigenvalue weighted by Gasteiger charge is -2.13. The van der Waals surface area contributed by atoms with Crippen LogP contribution in [0.15, 0.2) is 54.9 Å². The maximum Gasteiger partial charge on any atom is 0.257 e. The van der Waals surface area contributed by atoms with Crippen molar-refractivity contribution < 1.29 is 18.0 Å². The molecule has 4 nitrogen and oxygen atoms in total. The summed E-state index contributed by atoms with van der Waals surface area (Å²) in [5, 5.41) is 1.87. The van der Waals surface area contributed by atoms with Crippen LogP contribution in [-0.4, -0.2) is 15.3 Å². The monoisotopic (exact) mass is 415 g/mol. The molecule has 0 unspecified atom stereocenters. The molecule has 2 aromatic heterocycles. The quantitative estimate of drug-likeness (QED) is 0.440. The first-order valence-corrected chi connectivity index (χ1v) is 8.92. The van der Waals surface area contributed by atoms with Crippen LogP contribution < -0.4 is 5.32 Å². The van der Waals surface area contributed by atoms with Crippen molar-refractivity contribution in [1.29, 1.82) is 0 Å². The average Bonchev–Trinajstić information content (AvgIpc) is 3.12. The number of fused-ring (bicyclic) bond motifs is 1. The summed E-state index contributed by atoms with van der Waals surface area (Å²) in [6.45, 7) is 1.70. The van der Waals surface area contributed by atoms with Gasteiger partial charge in [0.15, 0.2) is 11.6 Å². The molecule has 0 saturated heterocycles. The molecule has 2 aromatic carbocycles. The van der Waals surface area contributed by atoms with Crippen molar-refractivity contribution in [2.75, 3.05) is 5.32 Å². The summed E-state index contributed by atoms with van der Waals surface area (Å²) in [7, 11) is 0. The van der Waals surface area contributed by atoms with Gasteiger partial charge in [0.1, 0.15) is 11.5 Å². The summed E-state index contributed by atoms with van der Waals surface area (Å²) in [6, 6.07) is 9.81. The Morgan fingerprint density at radius 1 is 1.14 bits per heavy atom. The fraction of sp³-hybridized carbons (Fsp3) is 0.0476. The molecule has 0 radical (unpaired) electrons. The molecule has 0 aliphatic heterocycles. The normalized spacial score (nSPS) is 11.1. The molecule has 0 spiro atoms. The number of imidazole rings is 1. The summed E-state index contributed by atoms with van der Waals surface area (Å²) in [6.07, 6.45) is 3.56. The Morgan fingerprint density at radius 3 is 2.69 bits per heavy atom. The predicted molar refractivity (Wildman–Crippen MR) is 105 cm³/mol. The number of carbonyl (C=O) groups is 1. The van der Waals surface area contributed by atoms with Crippen LogP contribution in [-0.2, 0) is 0 Å². The standard InChI is InChI=1S/C21H13ClF3N3O/c1-11-14(17-10-28-7-3-2-4-18(28)26-17)8-12(23)9-16(11)27-21(29)13-5-6-15(24)20(25)19(13)22/h2-10H,1H3,(H,27,29). The summed E-state index contributed by atoms with van der Waals surface area (Å²) >= 11 is 5.74. The van der Waals surface area contributed by atoms with E-state index in [4.69, 9.17) is 11.6 Å². The van der Waals surface area contributed by atoms with Crippen LogP contribution in [0.25, 0.3) is 16.9 Å². The van der Waals surface area contributed by atoms with E-state index >= 15 is 0 Å². The van der Waals surface area contributed by atoms with Crippen molar-refractivity contribution in [3.8, 4) is 11.3 Å². The van der Waals surface area contributed by atoms with Crippen molar-refractivity contribution >= 4 is 28.8 Å². The summed E-state index contributed by atoms with van der Waals surface area (Å²) < 4.78 is 43.0. The van der Waals surface area contributed by atoms with Crippen LogP contribution in [0.4, 0.5) is 18.9 Å². The molecule has 0 saturated carbocycles. The second kappa shape index (κ2) is 7.25. The third kappa shape index (κ3) is 3.45. The van der Waals surface area contributed by atoms with E-state index in [0.717, 1.165) is 18.2 Å². The lowest BCUT2D eigenvalue weighted by Crippen LogP contribution is -2.15. The van der Waals surface area contributed by atoms with E-state index in [-0.39, 0.29) is 11.3 Å². The molecular formula is C21H13ClF3N3O. The number of benzene rings is 2. The Morgan fingerprint density at radius 2 is 1.93 bits per heavy atom. The van der Waals surface area contributed by atoms with Gasteiger partial charge in [0, 0.05) is 23.6 Å². The van der Waals surface area contributed by atoms with Crippen LogP contribution >= 0.6 is 11.6 Å². The Balaban J connectivity index is 1.74. The molecular weight excluding hydrogens is 403 g/mol.